The predicted octanol–water partition coefficient (Wildman–Crippen LogP) is 0.903. The molecule has 0 aliphatic rings. The molecular weight excluding hydrogens is 268 g/mol. The zero-order valence-corrected chi connectivity index (χ0v) is 11.9. The number of pyridine rings is 1. The maximum absolute atomic E-state index is 12.1. The van der Waals surface area contributed by atoms with E-state index in [0.717, 1.165) is 16.7 Å². The Kier molecular flexibility index (Phi) is 3.39. The summed E-state index contributed by atoms with van der Waals surface area (Å²) in [5.74, 6) is -0.132. The van der Waals surface area contributed by atoms with Crippen molar-refractivity contribution < 1.29 is 4.79 Å². The van der Waals surface area contributed by atoms with Crippen LogP contribution in [0.4, 0.5) is 0 Å². The lowest BCUT2D eigenvalue weighted by atomic mass is 10.2. The summed E-state index contributed by atoms with van der Waals surface area (Å²) in [5.41, 5.74) is 2.19. The van der Waals surface area contributed by atoms with Crippen LogP contribution in [0.15, 0.2) is 31.0 Å². The molecule has 0 unspecified atom stereocenters. The molecular formula is C14H16N6O. The highest BCUT2D eigenvalue weighted by Crippen LogP contribution is 2.16. The van der Waals surface area contributed by atoms with E-state index >= 15 is 0 Å². The summed E-state index contributed by atoms with van der Waals surface area (Å²) in [6, 6.07) is 1.83. The van der Waals surface area contributed by atoms with Crippen molar-refractivity contribution in [3.8, 4) is 0 Å². The van der Waals surface area contributed by atoms with Crippen LogP contribution in [0.5, 0.6) is 0 Å². The van der Waals surface area contributed by atoms with Gasteiger partial charge in [0.1, 0.15) is 0 Å². The van der Waals surface area contributed by atoms with E-state index in [9.17, 15) is 4.79 Å². The average molecular weight is 284 g/mol. The summed E-state index contributed by atoms with van der Waals surface area (Å²) in [5, 5.41) is 8.07. The molecule has 21 heavy (non-hydrogen) atoms. The van der Waals surface area contributed by atoms with Crippen molar-refractivity contribution in [3.63, 3.8) is 0 Å². The van der Waals surface area contributed by atoms with Crippen LogP contribution in [0.2, 0.25) is 0 Å². The first-order valence-electron chi connectivity index (χ1n) is 6.68. The molecule has 3 aromatic heterocycles. The third-order valence-electron chi connectivity index (χ3n) is 3.34. The number of carbonyl (C=O) groups excluding carboxylic acids is 1. The van der Waals surface area contributed by atoms with Gasteiger partial charge in [-0.3, -0.25) is 9.48 Å². The van der Waals surface area contributed by atoms with E-state index in [1.807, 2.05) is 30.8 Å². The number of hydrogen-bond donors (Lipinski definition) is 1. The van der Waals surface area contributed by atoms with Gasteiger partial charge in [-0.1, -0.05) is 0 Å². The average Bonchev–Trinajstić information content (AvgIpc) is 3.08. The van der Waals surface area contributed by atoms with E-state index in [2.05, 4.69) is 20.4 Å². The van der Waals surface area contributed by atoms with Gasteiger partial charge in [0.2, 0.25) is 0 Å². The number of fused-ring (bicyclic) bond motifs is 1. The Morgan fingerprint density at radius 2 is 2.29 bits per heavy atom. The highest BCUT2D eigenvalue weighted by molar-refractivity contribution is 5.97. The first-order chi connectivity index (χ1) is 10.1. The smallest absolute Gasteiger partial charge is 0.252 e. The minimum Gasteiger partial charge on any atom is -0.350 e. The number of rotatable bonds is 4. The van der Waals surface area contributed by atoms with Crippen molar-refractivity contribution in [2.75, 3.05) is 6.54 Å². The maximum Gasteiger partial charge on any atom is 0.252 e. The number of amides is 1. The molecule has 3 aromatic rings. The maximum atomic E-state index is 12.1. The van der Waals surface area contributed by atoms with Crippen molar-refractivity contribution >= 4 is 16.9 Å². The fraction of sp³-hybridized carbons (Fsp3) is 0.286. The molecule has 0 aromatic carbocycles. The lowest BCUT2D eigenvalue weighted by Gasteiger charge is -2.06. The number of aryl methyl sites for hydroxylation is 2. The zero-order valence-electron chi connectivity index (χ0n) is 11.9. The summed E-state index contributed by atoms with van der Waals surface area (Å²) >= 11 is 0. The van der Waals surface area contributed by atoms with Gasteiger partial charge >= 0.3 is 0 Å². The first-order valence-corrected chi connectivity index (χ1v) is 6.68. The molecule has 3 heterocycles. The number of aromatic nitrogens is 5. The van der Waals surface area contributed by atoms with Crippen LogP contribution in [-0.4, -0.2) is 36.8 Å². The quantitative estimate of drug-likeness (QED) is 0.772. The van der Waals surface area contributed by atoms with Crippen LogP contribution in [0.25, 0.3) is 11.0 Å². The Bertz CT molecular complexity index is 774. The van der Waals surface area contributed by atoms with Gasteiger partial charge in [-0.05, 0) is 13.0 Å². The Morgan fingerprint density at radius 3 is 3.05 bits per heavy atom. The van der Waals surface area contributed by atoms with Gasteiger partial charge < -0.3 is 9.88 Å². The fourth-order valence-electron chi connectivity index (χ4n) is 2.25. The van der Waals surface area contributed by atoms with Crippen molar-refractivity contribution in [2.24, 2.45) is 7.05 Å². The topological polar surface area (TPSA) is 77.6 Å². The SMILES string of the molecule is Cc1nn(C)c2ncc(C(=O)NCCn3ccnc3)cc12. The summed E-state index contributed by atoms with van der Waals surface area (Å²) in [6.45, 7) is 3.14. The lowest BCUT2D eigenvalue weighted by molar-refractivity contribution is 0.0952. The summed E-state index contributed by atoms with van der Waals surface area (Å²) in [4.78, 5) is 20.4. The van der Waals surface area contributed by atoms with Crippen molar-refractivity contribution in [1.29, 1.82) is 0 Å². The molecule has 1 amide bonds. The highest BCUT2D eigenvalue weighted by atomic mass is 16.1. The minimum atomic E-state index is -0.132. The summed E-state index contributed by atoms with van der Waals surface area (Å²) < 4.78 is 3.62. The molecule has 0 saturated carbocycles. The Labute approximate surface area is 121 Å². The number of nitrogens with zero attached hydrogens (tertiary/aromatic N) is 5. The van der Waals surface area contributed by atoms with Crippen LogP contribution >= 0.6 is 0 Å². The number of hydrogen-bond acceptors (Lipinski definition) is 4. The van der Waals surface area contributed by atoms with Gasteiger partial charge in [-0.2, -0.15) is 5.10 Å². The molecule has 1 N–H and O–H groups in total. The second-order valence-corrected chi connectivity index (χ2v) is 4.86. The number of nitrogens with one attached hydrogen (secondary N) is 1. The predicted molar refractivity (Wildman–Crippen MR) is 77.8 cm³/mol. The van der Waals surface area contributed by atoms with Gasteiger partial charge in [0.15, 0.2) is 5.65 Å². The summed E-state index contributed by atoms with van der Waals surface area (Å²) in [7, 11) is 1.84. The molecule has 0 bridgehead atoms. The third-order valence-corrected chi connectivity index (χ3v) is 3.34. The Hall–Kier alpha value is -2.70. The normalized spacial score (nSPS) is 11.0. The van der Waals surface area contributed by atoms with Gasteiger partial charge in [-0.25, -0.2) is 9.97 Å². The highest BCUT2D eigenvalue weighted by Gasteiger charge is 2.11. The van der Waals surface area contributed by atoms with E-state index in [1.165, 1.54) is 0 Å². The van der Waals surface area contributed by atoms with E-state index in [-0.39, 0.29) is 5.91 Å². The van der Waals surface area contributed by atoms with Gasteiger partial charge in [0.25, 0.3) is 5.91 Å². The number of imidazole rings is 1. The molecule has 0 saturated heterocycles. The van der Waals surface area contributed by atoms with Crippen molar-refractivity contribution in [3.05, 3.63) is 42.2 Å². The Morgan fingerprint density at radius 1 is 1.43 bits per heavy atom. The van der Waals surface area contributed by atoms with Crippen LogP contribution in [0.3, 0.4) is 0 Å². The molecule has 7 nitrogen and oxygen atoms in total. The molecule has 3 rings (SSSR count). The molecule has 0 aliphatic carbocycles. The van der Waals surface area contributed by atoms with Crippen molar-refractivity contribution in [1.82, 2.24) is 29.6 Å². The van der Waals surface area contributed by atoms with E-state index in [4.69, 9.17) is 0 Å². The van der Waals surface area contributed by atoms with Gasteiger partial charge in [0.05, 0.1) is 17.6 Å². The second-order valence-electron chi connectivity index (χ2n) is 4.86. The Balaban J connectivity index is 1.71. The number of carbonyl (C=O) groups is 1. The van der Waals surface area contributed by atoms with Crippen LogP contribution in [0.1, 0.15) is 16.1 Å². The van der Waals surface area contributed by atoms with E-state index in [1.54, 1.807) is 23.4 Å². The summed E-state index contributed by atoms with van der Waals surface area (Å²) in [6.07, 6.45) is 6.87. The monoisotopic (exact) mass is 284 g/mol. The van der Waals surface area contributed by atoms with E-state index in [0.29, 0.717) is 18.7 Å². The van der Waals surface area contributed by atoms with Gasteiger partial charge in [-0.15, -0.1) is 0 Å². The van der Waals surface area contributed by atoms with E-state index < -0.39 is 0 Å². The fourth-order valence-corrected chi connectivity index (χ4v) is 2.25. The van der Waals surface area contributed by atoms with Crippen LogP contribution in [-0.2, 0) is 13.6 Å². The zero-order chi connectivity index (χ0) is 14.8. The third kappa shape index (κ3) is 2.62. The van der Waals surface area contributed by atoms with Gasteiger partial charge in [0, 0.05) is 44.1 Å². The molecule has 0 aliphatic heterocycles. The lowest BCUT2D eigenvalue weighted by Crippen LogP contribution is -2.27. The molecule has 0 fully saturated rings. The molecule has 108 valence electrons. The standard InChI is InChI=1S/C14H16N6O/c1-10-12-7-11(8-17-13(12)19(2)18-10)14(21)16-4-6-20-5-3-15-9-20/h3,5,7-9H,4,6H2,1-2H3,(H,16,21). The largest absolute Gasteiger partial charge is 0.350 e. The molecule has 0 atom stereocenters. The minimum absolute atomic E-state index is 0.132. The van der Waals surface area contributed by atoms with Crippen LogP contribution < -0.4 is 5.32 Å². The van der Waals surface area contributed by atoms with Crippen LogP contribution in [0, 0.1) is 6.92 Å². The van der Waals surface area contributed by atoms with Crippen molar-refractivity contribution in [2.45, 2.75) is 13.5 Å². The second kappa shape index (κ2) is 5.35. The molecule has 7 heteroatoms. The molecule has 0 spiro atoms. The first kappa shape index (κ1) is 13.3. The molecule has 0 radical (unpaired) electrons.